The standard InChI is InChI=1S/C24H21BrClNO4/c1-16(18-6-3-2-4-7-18)27(14-17-10-12-19(26)13-11-17)22(28)15-31-23-20(24(29)30)8-5-9-21(23)25/h2-13,16H,14-15H2,1H3,(H,29,30)/t16-/m0/s1. The van der Waals surface area contributed by atoms with Crippen molar-refractivity contribution in [3.63, 3.8) is 0 Å². The Kier molecular flexibility index (Phi) is 7.71. The molecule has 0 saturated carbocycles. The number of hydrogen-bond acceptors (Lipinski definition) is 3. The number of carboxylic acids is 1. The van der Waals surface area contributed by atoms with Crippen LogP contribution in [-0.4, -0.2) is 28.5 Å². The fraction of sp³-hybridized carbons (Fsp3) is 0.167. The maximum absolute atomic E-state index is 13.2. The van der Waals surface area contributed by atoms with Crippen LogP contribution in [-0.2, 0) is 11.3 Å². The minimum absolute atomic E-state index is 0.0115. The van der Waals surface area contributed by atoms with E-state index in [1.54, 1.807) is 29.2 Å². The highest BCUT2D eigenvalue weighted by molar-refractivity contribution is 9.10. The first-order valence-electron chi connectivity index (χ1n) is 9.60. The molecule has 31 heavy (non-hydrogen) atoms. The highest BCUT2D eigenvalue weighted by Crippen LogP contribution is 2.30. The lowest BCUT2D eigenvalue weighted by molar-refractivity contribution is -0.136. The van der Waals surface area contributed by atoms with Gasteiger partial charge in [0.05, 0.1) is 10.5 Å². The number of amides is 1. The zero-order valence-corrected chi connectivity index (χ0v) is 19.1. The van der Waals surface area contributed by atoms with Crippen molar-refractivity contribution < 1.29 is 19.4 Å². The topological polar surface area (TPSA) is 66.8 Å². The average molecular weight is 503 g/mol. The number of ether oxygens (including phenoxy) is 1. The van der Waals surface area contributed by atoms with Crippen molar-refractivity contribution in [1.82, 2.24) is 4.90 Å². The van der Waals surface area contributed by atoms with Crippen molar-refractivity contribution in [2.75, 3.05) is 6.61 Å². The molecule has 0 aliphatic carbocycles. The number of benzene rings is 3. The second kappa shape index (κ2) is 10.5. The Hall–Kier alpha value is -2.83. The summed E-state index contributed by atoms with van der Waals surface area (Å²) in [7, 11) is 0. The van der Waals surface area contributed by atoms with Crippen LogP contribution in [0.15, 0.2) is 77.3 Å². The van der Waals surface area contributed by atoms with E-state index in [0.29, 0.717) is 16.0 Å². The number of rotatable bonds is 8. The van der Waals surface area contributed by atoms with Crippen LogP contribution in [0.2, 0.25) is 5.02 Å². The number of para-hydroxylation sites is 1. The molecule has 0 spiro atoms. The molecule has 0 aromatic heterocycles. The molecule has 0 aliphatic rings. The van der Waals surface area contributed by atoms with Gasteiger partial charge in [-0.1, -0.05) is 60.1 Å². The quantitative estimate of drug-likeness (QED) is 0.412. The summed E-state index contributed by atoms with van der Waals surface area (Å²) in [5.74, 6) is -1.26. The first kappa shape index (κ1) is 22.8. The molecule has 1 amide bonds. The number of nitrogens with zero attached hydrogens (tertiary/aromatic N) is 1. The average Bonchev–Trinajstić information content (AvgIpc) is 2.77. The molecule has 7 heteroatoms. The molecule has 160 valence electrons. The van der Waals surface area contributed by atoms with Crippen LogP contribution in [0.3, 0.4) is 0 Å². The van der Waals surface area contributed by atoms with Crippen LogP contribution in [0.1, 0.15) is 34.5 Å². The Bertz CT molecular complexity index is 1060. The van der Waals surface area contributed by atoms with Crippen molar-refractivity contribution in [3.8, 4) is 5.75 Å². The lowest BCUT2D eigenvalue weighted by Crippen LogP contribution is -2.36. The second-order valence-corrected chi connectivity index (χ2v) is 8.24. The number of hydrogen-bond donors (Lipinski definition) is 1. The van der Waals surface area contributed by atoms with Gasteiger partial charge in [0.25, 0.3) is 5.91 Å². The summed E-state index contributed by atoms with van der Waals surface area (Å²) in [4.78, 5) is 26.4. The molecule has 3 aromatic carbocycles. The Labute approximate surface area is 194 Å². The summed E-state index contributed by atoms with van der Waals surface area (Å²) >= 11 is 9.29. The number of carbonyl (C=O) groups is 2. The molecule has 3 aromatic rings. The van der Waals surface area contributed by atoms with E-state index in [-0.39, 0.29) is 29.9 Å². The van der Waals surface area contributed by atoms with Gasteiger partial charge in [0.2, 0.25) is 0 Å². The van der Waals surface area contributed by atoms with E-state index in [2.05, 4.69) is 15.9 Å². The van der Waals surface area contributed by atoms with Gasteiger partial charge >= 0.3 is 5.97 Å². The lowest BCUT2D eigenvalue weighted by Gasteiger charge is -2.30. The van der Waals surface area contributed by atoms with Crippen molar-refractivity contribution in [3.05, 3.63) is 99.0 Å². The van der Waals surface area contributed by atoms with E-state index in [9.17, 15) is 14.7 Å². The number of carbonyl (C=O) groups excluding carboxylic acids is 1. The first-order chi connectivity index (χ1) is 14.9. The van der Waals surface area contributed by atoms with Gasteiger partial charge in [-0.15, -0.1) is 0 Å². The van der Waals surface area contributed by atoms with Gasteiger partial charge in [-0.25, -0.2) is 4.79 Å². The van der Waals surface area contributed by atoms with Crippen molar-refractivity contribution in [2.45, 2.75) is 19.5 Å². The minimum atomic E-state index is -1.13. The molecule has 0 aliphatic heterocycles. The van der Waals surface area contributed by atoms with Gasteiger partial charge in [-0.3, -0.25) is 4.79 Å². The molecule has 3 rings (SSSR count). The van der Waals surface area contributed by atoms with Crippen LogP contribution < -0.4 is 4.74 Å². The highest BCUT2D eigenvalue weighted by atomic mass is 79.9. The van der Waals surface area contributed by atoms with Crippen LogP contribution in [0.4, 0.5) is 0 Å². The molecule has 0 heterocycles. The molecule has 0 radical (unpaired) electrons. The number of halogens is 2. The van der Waals surface area contributed by atoms with E-state index in [0.717, 1.165) is 11.1 Å². The summed E-state index contributed by atoms with van der Waals surface area (Å²) in [6.07, 6.45) is 0. The Morgan fingerprint density at radius 2 is 1.71 bits per heavy atom. The van der Waals surface area contributed by atoms with E-state index in [4.69, 9.17) is 16.3 Å². The molecule has 0 fully saturated rings. The molecule has 0 bridgehead atoms. The van der Waals surface area contributed by atoms with Crippen molar-refractivity contribution in [1.29, 1.82) is 0 Å². The summed E-state index contributed by atoms with van der Waals surface area (Å²) < 4.78 is 6.15. The third-order valence-corrected chi connectivity index (χ3v) is 5.75. The molecule has 1 atom stereocenters. The van der Waals surface area contributed by atoms with E-state index in [1.807, 2.05) is 49.4 Å². The van der Waals surface area contributed by atoms with E-state index >= 15 is 0 Å². The van der Waals surface area contributed by atoms with E-state index in [1.165, 1.54) is 6.07 Å². The van der Waals surface area contributed by atoms with Gasteiger partial charge in [0.15, 0.2) is 6.61 Å². The van der Waals surface area contributed by atoms with Crippen LogP contribution in [0, 0.1) is 0 Å². The molecular formula is C24H21BrClNO4. The number of aromatic carboxylic acids is 1. The first-order valence-corrected chi connectivity index (χ1v) is 10.8. The molecule has 5 nitrogen and oxygen atoms in total. The van der Waals surface area contributed by atoms with Gasteiger partial charge in [-0.05, 0) is 58.2 Å². The van der Waals surface area contributed by atoms with Gasteiger partial charge in [-0.2, -0.15) is 0 Å². The molecule has 0 saturated heterocycles. The Balaban J connectivity index is 1.84. The fourth-order valence-electron chi connectivity index (χ4n) is 3.18. The van der Waals surface area contributed by atoms with Crippen LogP contribution in [0.25, 0.3) is 0 Å². The Morgan fingerprint density at radius 3 is 2.35 bits per heavy atom. The fourth-order valence-corrected chi connectivity index (χ4v) is 3.79. The van der Waals surface area contributed by atoms with Gasteiger partial charge < -0.3 is 14.7 Å². The van der Waals surface area contributed by atoms with Crippen LogP contribution in [0.5, 0.6) is 5.75 Å². The zero-order chi connectivity index (χ0) is 22.4. The van der Waals surface area contributed by atoms with Crippen molar-refractivity contribution >= 4 is 39.4 Å². The Morgan fingerprint density at radius 1 is 1.03 bits per heavy atom. The lowest BCUT2D eigenvalue weighted by atomic mass is 10.1. The SMILES string of the molecule is C[C@@H](c1ccccc1)N(Cc1ccc(Cl)cc1)C(=O)COc1c(Br)cccc1C(=O)O. The largest absolute Gasteiger partial charge is 0.482 e. The normalized spacial score (nSPS) is 11.6. The minimum Gasteiger partial charge on any atom is -0.482 e. The summed E-state index contributed by atoms with van der Waals surface area (Å²) in [6, 6.07) is 21.5. The maximum Gasteiger partial charge on any atom is 0.339 e. The maximum atomic E-state index is 13.2. The smallest absolute Gasteiger partial charge is 0.339 e. The van der Waals surface area contributed by atoms with Crippen LogP contribution >= 0.6 is 27.5 Å². The second-order valence-electron chi connectivity index (χ2n) is 6.95. The summed E-state index contributed by atoms with van der Waals surface area (Å²) in [6.45, 7) is 2.01. The summed E-state index contributed by atoms with van der Waals surface area (Å²) in [5.41, 5.74) is 1.90. The third-order valence-electron chi connectivity index (χ3n) is 4.87. The highest BCUT2D eigenvalue weighted by Gasteiger charge is 2.24. The number of carboxylic acid groups (broad SMARTS) is 1. The summed E-state index contributed by atoms with van der Waals surface area (Å²) in [5, 5.41) is 10.0. The predicted molar refractivity (Wildman–Crippen MR) is 123 cm³/mol. The van der Waals surface area contributed by atoms with E-state index < -0.39 is 5.97 Å². The zero-order valence-electron chi connectivity index (χ0n) is 16.8. The van der Waals surface area contributed by atoms with Crippen molar-refractivity contribution in [2.24, 2.45) is 0 Å². The third kappa shape index (κ3) is 5.87. The molecule has 1 N–H and O–H groups in total. The van der Waals surface area contributed by atoms with Gasteiger partial charge in [0.1, 0.15) is 11.3 Å². The molecule has 0 unspecified atom stereocenters. The van der Waals surface area contributed by atoms with Gasteiger partial charge in [0, 0.05) is 11.6 Å². The predicted octanol–water partition coefficient (Wildman–Crippen LogP) is 5.97. The monoisotopic (exact) mass is 501 g/mol. The molecular weight excluding hydrogens is 482 g/mol.